The summed E-state index contributed by atoms with van der Waals surface area (Å²) < 4.78 is 5.63. The van der Waals surface area contributed by atoms with Crippen molar-refractivity contribution in [3.05, 3.63) is 64.1 Å². The van der Waals surface area contributed by atoms with Crippen molar-refractivity contribution in [1.82, 2.24) is 5.32 Å². The van der Waals surface area contributed by atoms with Crippen molar-refractivity contribution in [2.24, 2.45) is 0 Å². The summed E-state index contributed by atoms with van der Waals surface area (Å²) in [6.07, 6.45) is 4.43. The quantitative estimate of drug-likeness (QED) is 0.623. The number of carbonyl (C=O) groups excluding carboxylic acids is 1. The van der Waals surface area contributed by atoms with E-state index in [2.05, 4.69) is 29.6 Å². The van der Waals surface area contributed by atoms with Crippen LogP contribution >= 0.6 is 23.2 Å². The fraction of sp³-hybridized carbons (Fsp3) is 0.381. The van der Waals surface area contributed by atoms with Crippen LogP contribution in [0.4, 0.5) is 0 Å². The number of amides is 1. The Hall–Kier alpha value is -1.71. The van der Waals surface area contributed by atoms with Crippen molar-refractivity contribution < 1.29 is 9.53 Å². The molecule has 26 heavy (non-hydrogen) atoms. The number of hydrogen-bond donors (Lipinski definition) is 1. The Morgan fingerprint density at radius 3 is 2.69 bits per heavy atom. The van der Waals surface area contributed by atoms with Crippen molar-refractivity contribution in [2.75, 3.05) is 6.61 Å². The van der Waals surface area contributed by atoms with Crippen molar-refractivity contribution >= 4 is 29.1 Å². The molecule has 1 N–H and O–H groups in total. The Labute approximate surface area is 164 Å². The first-order valence-corrected chi connectivity index (χ1v) is 9.81. The number of nitrogens with one attached hydrogen (secondary N) is 1. The van der Waals surface area contributed by atoms with E-state index in [0.29, 0.717) is 41.2 Å². The second-order valence-corrected chi connectivity index (χ2v) is 7.49. The smallest absolute Gasteiger partial charge is 0.220 e. The molecule has 5 heteroatoms. The molecule has 1 aliphatic carbocycles. The number of benzene rings is 2. The topological polar surface area (TPSA) is 38.3 Å². The molecular weight excluding hydrogens is 369 g/mol. The molecule has 3 rings (SSSR count). The molecule has 0 saturated heterocycles. The Balaban J connectivity index is 1.42. The molecule has 0 aromatic heterocycles. The highest BCUT2D eigenvalue weighted by Gasteiger charge is 2.29. The zero-order chi connectivity index (χ0) is 18.4. The van der Waals surface area contributed by atoms with Gasteiger partial charge in [-0.25, -0.2) is 0 Å². The summed E-state index contributed by atoms with van der Waals surface area (Å²) in [7, 11) is 0. The van der Waals surface area contributed by atoms with Crippen LogP contribution in [-0.2, 0) is 4.79 Å². The lowest BCUT2D eigenvalue weighted by Crippen LogP contribution is -2.36. The first-order valence-electron chi connectivity index (χ1n) is 9.05. The maximum atomic E-state index is 12.3. The Morgan fingerprint density at radius 1 is 1.12 bits per heavy atom. The fourth-order valence-electron chi connectivity index (χ4n) is 3.52. The summed E-state index contributed by atoms with van der Waals surface area (Å²) in [5, 5.41) is 4.27. The van der Waals surface area contributed by atoms with Gasteiger partial charge in [-0.3, -0.25) is 4.79 Å². The highest BCUT2D eigenvalue weighted by Crippen LogP contribution is 2.34. The van der Waals surface area contributed by atoms with Gasteiger partial charge in [0.15, 0.2) is 0 Å². The normalized spacial score (nSPS) is 19.3. The van der Waals surface area contributed by atoms with Gasteiger partial charge >= 0.3 is 0 Å². The third-order valence-corrected chi connectivity index (χ3v) is 5.32. The first kappa shape index (κ1) is 19.1. The molecule has 0 radical (unpaired) electrons. The van der Waals surface area contributed by atoms with E-state index in [-0.39, 0.29) is 11.9 Å². The number of halogens is 2. The molecule has 1 aliphatic rings. The van der Waals surface area contributed by atoms with E-state index in [0.717, 1.165) is 19.3 Å². The molecular formula is C21H23Cl2NO2. The van der Waals surface area contributed by atoms with Crippen molar-refractivity contribution in [2.45, 2.75) is 44.1 Å². The van der Waals surface area contributed by atoms with Crippen LogP contribution in [0.2, 0.25) is 10.0 Å². The van der Waals surface area contributed by atoms with Gasteiger partial charge in [-0.2, -0.15) is 0 Å². The molecule has 0 bridgehead atoms. The summed E-state index contributed by atoms with van der Waals surface area (Å²) >= 11 is 11.9. The van der Waals surface area contributed by atoms with Gasteiger partial charge < -0.3 is 10.1 Å². The first-order chi connectivity index (χ1) is 12.6. The van der Waals surface area contributed by atoms with Crippen LogP contribution in [0.15, 0.2) is 48.5 Å². The minimum Gasteiger partial charge on any atom is -0.492 e. The minimum atomic E-state index is 0.0867. The molecule has 1 amide bonds. The lowest BCUT2D eigenvalue weighted by molar-refractivity contribution is -0.122. The third kappa shape index (κ3) is 5.15. The predicted octanol–water partition coefficient (Wildman–Crippen LogP) is 5.60. The summed E-state index contributed by atoms with van der Waals surface area (Å²) in [6, 6.07) is 15.8. The van der Waals surface area contributed by atoms with Gasteiger partial charge in [0.25, 0.3) is 0 Å². The van der Waals surface area contributed by atoms with Gasteiger partial charge in [0.2, 0.25) is 5.91 Å². The minimum absolute atomic E-state index is 0.0867. The van der Waals surface area contributed by atoms with Crippen LogP contribution in [0.5, 0.6) is 5.75 Å². The zero-order valence-corrected chi connectivity index (χ0v) is 16.1. The SMILES string of the molecule is O=C(CCCOc1ccc(Cl)cc1Cl)NC1CCCC1c1ccccc1. The molecule has 0 aliphatic heterocycles. The van der Waals surface area contributed by atoms with Gasteiger partial charge in [-0.1, -0.05) is 60.0 Å². The fourth-order valence-corrected chi connectivity index (χ4v) is 3.98. The van der Waals surface area contributed by atoms with E-state index in [4.69, 9.17) is 27.9 Å². The molecule has 138 valence electrons. The molecule has 1 fully saturated rings. The molecule has 2 aromatic carbocycles. The summed E-state index contributed by atoms with van der Waals surface area (Å²) in [5.41, 5.74) is 1.32. The largest absolute Gasteiger partial charge is 0.492 e. The molecule has 2 atom stereocenters. The van der Waals surface area contributed by atoms with Crippen LogP contribution in [0.3, 0.4) is 0 Å². The third-order valence-electron chi connectivity index (χ3n) is 4.79. The average molecular weight is 392 g/mol. The van der Waals surface area contributed by atoms with Crippen molar-refractivity contribution in [3.8, 4) is 5.75 Å². The summed E-state index contributed by atoms with van der Waals surface area (Å²) in [5.74, 6) is 1.10. The maximum Gasteiger partial charge on any atom is 0.220 e. The maximum absolute atomic E-state index is 12.3. The van der Waals surface area contributed by atoms with Gasteiger partial charge in [0.1, 0.15) is 5.75 Å². The number of ether oxygens (including phenoxy) is 1. The Bertz CT molecular complexity index is 736. The van der Waals surface area contributed by atoms with Crippen LogP contribution < -0.4 is 10.1 Å². The Kier molecular flexibility index (Phi) is 6.81. The van der Waals surface area contributed by atoms with E-state index in [9.17, 15) is 4.79 Å². The molecule has 2 unspecified atom stereocenters. The standard InChI is InChI=1S/C21H23Cl2NO2/c22-16-11-12-20(18(23)14-16)26-13-5-10-21(25)24-19-9-4-8-17(19)15-6-2-1-3-7-15/h1-3,6-7,11-12,14,17,19H,4-5,8-10,13H2,(H,24,25). The summed E-state index contributed by atoms with van der Waals surface area (Å²) in [4.78, 5) is 12.3. The molecule has 2 aromatic rings. The number of carbonyl (C=O) groups is 1. The van der Waals surface area contributed by atoms with Crippen molar-refractivity contribution in [3.63, 3.8) is 0 Å². The van der Waals surface area contributed by atoms with Gasteiger partial charge in [-0.05, 0) is 43.0 Å². The Morgan fingerprint density at radius 2 is 1.92 bits per heavy atom. The van der Waals surface area contributed by atoms with Crippen molar-refractivity contribution in [1.29, 1.82) is 0 Å². The second kappa shape index (κ2) is 9.29. The molecule has 1 saturated carbocycles. The number of hydrogen-bond acceptors (Lipinski definition) is 2. The highest BCUT2D eigenvalue weighted by atomic mass is 35.5. The number of rotatable bonds is 7. The second-order valence-electron chi connectivity index (χ2n) is 6.65. The molecule has 0 heterocycles. The summed E-state index contributed by atoms with van der Waals surface area (Å²) in [6.45, 7) is 0.446. The predicted molar refractivity (Wildman–Crippen MR) is 106 cm³/mol. The van der Waals surface area contributed by atoms with Crippen LogP contribution in [0, 0.1) is 0 Å². The zero-order valence-electron chi connectivity index (χ0n) is 14.6. The van der Waals surface area contributed by atoms with E-state index in [1.54, 1.807) is 18.2 Å². The molecule has 3 nitrogen and oxygen atoms in total. The van der Waals surface area contributed by atoms with Crippen LogP contribution in [0.1, 0.15) is 43.6 Å². The van der Waals surface area contributed by atoms with Crippen LogP contribution in [-0.4, -0.2) is 18.6 Å². The van der Waals surface area contributed by atoms with E-state index < -0.39 is 0 Å². The van der Waals surface area contributed by atoms with Gasteiger partial charge in [0.05, 0.1) is 11.6 Å². The van der Waals surface area contributed by atoms with E-state index in [1.807, 2.05) is 6.07 Å². The highest BCUT2D eigenvalue weighted by molar-refractivity contribution is 6.35. The average Bonchev–Trinajstić information content (AvgIpc) is 3.09. The van der Waals surface area contributed by atoms with Crippen LogP contribution in [0.25, 0.3) is 0 Å². The van der Waals surface area contributed by atoms with Gasteiger partial charge in [0, 0.05) is 23.4 Å². The lowest BCUT2D eigenvalue weighted by atomic mass is 9.94. The monoisotopic (exact) mass is 391 g/mol. The van der Waals surface area contributed by atoms with E-state index >= 15 is 0 Å². The van der Waals surface area contributed by atoms with E-state index in [1.165, 1.54) is 5.56 Å². The van der Waals surface area contributed by atoms with Gasteiger partial charge in [-0.15, -0.1) is 0 Å². The lowest BCUT2D eigenvalue weighted by Gasteiger charge is -2.21. The molecule has 0 spiro atoms.